The van der Waals surface area contributed by atoms with Crippen LogP contribution in [0.1, 0.15) is 12.8 Å². The van der Waals surface area contributed by atoms with Crippen LogP contribution >= 0.6 is 0 Å². The fraction of sp³-hybridized carbons (Fsp3) is 0.500. The van der Waals surface area contributed by atoms with E-state index in [2.05, 4.69) is 38.0 Å². The molecular formula is C14H18N4. The van der Waals surface area contributed by atoms with E-state index in [9.17, 15) is 0 Å². The van der Waals surface area contributed by atoms with Gasteiger partial charge in [-0.15, -0.1) is 0 Å². The van der Waals surface area contributed by atoms with E-state index in [1.807, 2.05) is 0 Å². The number of benzene rings is 1. The summed E-state index contributed by atoms with van der Waals surface area (Å²) in [4.78, 5) is 12.8. The van der Waals surface area contributed by atoms with E-state index in [1.54, 1.807) is 6.33 Å². The SMILES string of the molecule is c1cc(N2CCN3CCCC3C2)c2nc[nH]c2c1. The second kappa shape index (κ2) is 3.99. The van der Waals surface area contributed by atoms with Crippen molar-refractivity contribution in [2.75, 3.05) is 31.1 Å². The monoisotopic (exact) mass is 242 g/mol. The van der Waals surface area contributed by atoms with Gasteiger partial charge < -0.3 is 9.88 Å². The number of fused-ring (bicyclic) bond motifs is 2. The van der Waals surface area contributed by atoms with Crippen molar-refractivity contribution < 1.29 is 0 Å². The average molecular weight is 242 g/mol. The van der Waals surface area contributed by atoms with Crippen LogP contribution in [-0.4, -0.2) is 47.1 Å². The topological polar surface area (TPSA) is 35.2 Å². The maximum absolute atomic E-state index is 4.47. The molecule has 4 nitrogen and oxygen atoms in total. The predicted octanol–water partition coefficient (Wildman–Crippen LogP) is 1.85. The third-order valence-corrected chi connectivity index (χ3v) is 4.36. The fourth-order valence-corrected chi connectivity index (χ4v) is 3.41. The lowest BCUT2D eigenvalue weighted by Crippen LogP contribution is -2.50. The molecule has 0 spiro atoms. The van der Waals surface area contributed by atoms with Crippen LogP contribution in [0.4, 0.5) is 5.69 Å². The second-order valence-corrected chi connectivity index (χ2v) is 5.35. The van der Waals surface area contributed by atoms with Crippen LogP contribution in [0.2, 0.25) is 0 Å². The maximum atomic E-state index is 4.47. The number of aromatic amines is 1. The summed E-state index contributed by atoms with van der Waals surface area (Å²) in [5.74, 6) is 0. The molecular weight excluding hydrogens is 224 g/mol. The van der Waals surface area contributed by atoms with Gasteiger partial charge in [0, 0.05) is 25.7 Å². The lowest BCUT2D eigenvalue weighted by atomic mass is 10.1. The highest BCUT2D eigenvalue weighted by Crippen LogP contribution is 2.29. The Morgan fingerprint density at radius 1 is 1.22 bits per heavy atom. The molecule has 0 radical (unpaired) electrons. The molecule has 0 bridgehead atoms. The maximum Gasteiger partial charge on any atom is 0.112 e. The van der Waals surface area contributed by atoms with Gasteiger partial charge in [0.05, 0.1) is 17.5 Å². The van der Waals surface area contributed by atoms with E-state index in [0.29, 0.717) is 0 Å². The van der Waals surface area contributed by atoms with Gasteiger partial charge in [-0.3, -0.25) is 4.90 Å². The van der Waals surface area contributed by atoms with Gasteiger partial charge in [0.1, 0.15) is 5.52 Å². The molecule has 1 unspecified atom stereocenters. The minimum atomic E-state index is 0.757. The Hall–Kier alpha value is -1.55. The molecule has 1 aromatic carbocycles. The quantitative estimate of drug-likeness (QED) is 0.829. The number of hydrogen-bond donors (Lipinski definition) is 1. The van der Waals surface area contributed by atoms with Crippen molar-refractivity contribution in [2.24, 2.45) is 0 Å². The molecule has 0 aliphatic carbocycles. The zero-order valence-electron chi connectivity index (χ0n) is 10.5. The van der Waals surface area contributed by atoms with Gasteiger partial charge >= 0.3 is 0 Å². The molecule has 4 rings (SSSR count). The molecule has 0 saturated carbocycles. The van der Waals surface area contributed by atoms with Crippen LogP contribution in [0.25, 0.3) is 11.0 Å². The first-order chi connectivity index (χ1) is 8.92. The summed E-state index contributed by atoms with van der Waals surface area (Å²) in [7, 11) is 0. The van der Waals surface area contributed by atoms with E-state index in [1.165, 1.54) is 31.6 Å². The van der Waals surface area contributed by atoms with Crippen LogP contribution in [0, 0.1) is 0 Å². The number of H-pyrrole nitrogens is 1. The summed E-state index contributed by atoms with van der Waals surface area (Å²) in [5.41, 5.74) is 3.55. The Bertz CT molecular complexity index is 562. The highest BCUT2D eigenvalue weighted by Gasteiger charge is 2.31. The van der Waals surface area contributed by atoms with Crippen molar-refractivity contribution in [3.05, 3.63) is 24.5 Å². The van der Waals surface area contributed by atoms with Gasteiger partial charge in [-0.2, -0.15) is 0 Å². The number of para-hydroxylation sites is 1. The number of nitrogens with zero attached hydrogens (tertiary/aromatic N) is 3. The third-order valence-electron chi connectivity index (χ3n) is 4.36. The van der Waals surface area contributed by atoms with E-state index in [0.717, 1.165) is 30.2 Å². The lowest BCUT2D eigenvalue weighted by molar-refractivity contribution is 0.231. The van der Waals surface area contributed by atoms with Crippen molar-refractivity contribution in [3.63, 3.8) is 0 Å². The summed E-state index contributed by atoms with van der Waals surface area (Å²) < 4.78 is 0. The Morgan fingerprint density at radius 2 is 2.22 bits per heavy atom. The highest BCUT2D eigenvalue weighted by atomic mass is 15.3. The van der Waals surface area contributed by atoms with Gasteiger partial charge in [0.2, 0.25) is 0 Å². The Balaban J connectivity index is 1.68. The minimum Gasteiger partial charge on any atom is -0.367 e. The normalized spacial score (nSPS) is 24.7. The van der Waals surface area contributed by atoms with E-state index < -0.39 is 0 Å². The highest BCUT2D eigenvalue weighted by molar-refractivity contribution is 5.88. The molecule has 2 aliphatic heterocycles. The molecule has 2 saturated heterocycles. The second-order valence-electron chi connectivity index (χ2n) is 5.35. The molecule has 94 valence electrons. The van der Waals surface area contributed by atoms with Crippen molar-refractivity contribution in [3.8, 4) is 0 Å². The molecule has 1 atom stereocenters. The summed E-state index contributed by atoms with van der Waals surface area (Å²) in [6.45, 7) is 4.78. The minimum absolute atomic E-state index is 0.757. The van der Waals surface area contributed by atoms with Crippen LogP contribution < -0.4 is 4.90 Å². The first kappa shape index (κ1) is 10.4. The molecule has 1 aromatic heterocycles. The fourth-order valence-electron chi connectivity index (χ4n) is 3.41. The van der Waals surface area contributed by atoms with E-state index in [4.69, 9.17) is 0 Å². The van der Waals surface area contributed by atoms with Crippen molar-refractivity contribution in [1.82, 2.24) is 14.9 Å². The predicted molar refractivity (Wildman–Crippen MR) is 72.9 cm³/mol. The first-order valence-corrected chi connectivity index (χ1v) is 6.83. The van der Waals surface area contributed by atoms with Gasteiger partial charge in [-0.25, -0.2) is 4.98 Å². The smallest absolute Gasteiger partial charge is 0.112 e. The molecule has 4 heteroatoms. The van der Waals surface area contributed by atoms with Crippen LogP contribution in [0.5, 0.6) is 0 Å². The number of rotatable bonds is 1. The summed E-state index contributed by atoms with van der Waals surface area (Å²) in [6, 6.07) is 7.18. The van der Waals surface area contributed by atoms with E-state index >= 15 is 0 Å². The standard InChI is InChI=1S/C14H18N4/c1-4-12-14(16-10-15-12)13(5-1)18-8-7-17-6-2-3-11(17)9-18/h1,4-5,10-11H,2-3,6-9H2,(H,15,16). The van der Waals surface area contributed by atoms with Crippen molar-refractivity contribution >= 4 is 16.7 Å². The first-order valence-electron chi connectivity index (χ1n) is 6.83. The molecule has 18 heavy (non-hydrogen) atoms. The van der Waals surface area contributed by atoms with Gasteiger partial charge in [0.15, 0.2) is 0 Å². The van der Waals surface area contributed by atoms with Crippen LogP contribution in [0.15, 0.2) is 24.5 Å². The van der Waals surface area contributed by atoms with Gasteiger partial charge in [0.25, 0.3) is 0 Å². The molecule has 2 fully saturated rings. The molecule has 2 aromatic rings. The molecule has 0 amide bonds. The summed E-state index contributed by atoms with van der Waals surface area (Å²) in [5, 5.41) is 0. The molecule has 2 aliphatic rings. The van der Waals surface area contributed by atoms with E-state index in [-0.39, 0.29) is 0 Å². The Morgan fingerprint density at radius 3 is 3.22 bits per heavy atom. The summed E-state index contributed by atoms with van der Waals surface area (Å²) in [6.07, 6.45) is 4.51. The third kappa shape index (κ3) is 1.52. The largest absolute Gasteiger partial charge is 0.367 e. The van der Waals surface area contributed by atoms with Crippen molar-refractivity contribution in [1.29, 1.82) is 0 Å². The Labute approximate surface area is 107 Å². The number of piperazine rings is 1. The number of imidazole rings is 1. The number of nitrogens with one attached hydrogen (secondary N) is 1. The summed E-state index contributed by atoms with van der Waals surface area (Å²) >= 11 is 0. The van der Waals surface area contributed by atoms with Crippen molar-refractivity contribution in [2.45, 2.75) is 18.9 Å². The number of hydrogen-bond acceptors (Lipinski definition) is 3. The zero-order chi connectivity index (χ0) is 11.9. The molecule has 1 N–H and O–H groups in total. The lowest BCUT2D eigenvalue weighted by Gasteiger charge is -2.38. The average Bonchev–Trinajstić information content (AvgIpc) is 3.05. The number of anilines is 1. The van der Waals surface area contributed by atoms with Gasteiger partial charge in [-0.1, -0.05) is 6.07 Å². The van der Waals surface area contributed by atoms with Crippen LogP contribution in [-0.2, 0) is 0 Å². The van der Waals surface area contributed by atoms with Crippen LogP contribution in [0.3, 0.4) is 0 Å². The number of aromatic nitrogens is 2. The zero-order valence-corrected chi connectivity index (χ0v) is 10.5. The Kier molecular flexibility index (Phi) is 2.30. The molecule has 3 heterocycles. The van der Waals surface area contributed by atoms with Gasteiger partial charge in [-0.05, 0) is 31.5 Å².